The van der Waals surface area contributed by atoms with E-state index < -0.39 is 6.09 Å². The van der Waals surface area contributed by atoms with Crippen LogP contribution in [-0.4, -0.2) is 62.2 Å². The summed E-state index contributed by atoms with van der Waals surface area (Å²) in [5.74, 6) is 4.17. The van der Waals surface area contributed by atoms with Crippen LogP contribution in [0.5, 0.6) is 11.5 Å². The number of rotatable bonds is 11. The molecule has 2 aromatic carbocycles. The number of para-hydroxylation sites is 1. The quantitative estimate of drug-likeness (QED) is 0.407. The molecule has 1 fully saturated rings. The maximum absolute atomic E-state index is 11.3. The van der Waals surface area contributed by atoms with Crippen LogP contribution in [0.3, 0.4) is 0 Å². The van der Waals surface area contributed by atoms with Crippen molar-refractivity contribution >= 4 is 6.09 Å². The molecule has 7 heteroatoms. The van der Waals surface area contributed by atoms with Crippen LogP contribution in [0.2, 0.25) is 0 Å². The molecule has 1 heterocycles. The number of hydrogen-bond donors (Lipinski definition) is 1. The Morgan fingerprint density at radius 2 is 1.97 bits per heavy atom. The van der Waals surface area contributed by atoms with E-state index in [1.807, 2.05) is 48.5 Å². The normalized spacial score (nSPS) is 17.9. The van der Waals surface area contributed by atoms with E-state index in [4.69, 9.17) is 25.4 Å². The van der Waals surface area contributed by atoms with E-state index in [0.29, 0.717) is 39.3 Å². The predicted octanol–water partition coefficient (Wildman–Crippen LogP) is 4.17. The average molecular weight is 454 g/mol. The van der Waals surface area contributed by atoms with Crippen molar-refractivity contribution in [1.29, 1.82) is 0 Å². The molecule has 1 saturated heterocycles. The lowest BCUT2D eigenvalue weighted by Gasteiger charge is -2.37. The van der Waals surface area contributed by atoms with Crippen molar-refractivity contribution in [2.75, 3.05) is 40.0 Å². The molecule has 0 saturated carbocycles. The minimum absolute atomic E-state index is 0.0892. The molecule has 7 nitrogen and oxygen atoms in total. The number of amides is 1. The Morgan fingerprint density at radius 1 is 1.18 bits per heavy atom. The fraction of sp³-hybridized carbons (Fsp3) is 0.423. The maximum Gasteiger partial charge on any atom is 0.407 e. The lowest BCUT2D eigenvalue weighted by atomic mass is 9.87. The van der Waals surface area contributed by atoms with Crippen molar-refractivity contribution in [2.24, 2.45) is 0 Å². The van der Waals surface area contributed by atoms with Gasteiger partial charge in [-0.15, -0.1) is 6.42 Å². The Balaban J connectivity index is 1.43. The highest BCUT2D eigenvalue weighted by Crippen LogP contribution is 2.31. The molecule has 176 valence electrons. The van der Waals surface area contributed by atoms with Crippen molar-refractivity contribution in [3.8, 4) is 23.8 Å². The van der Waals surface area contributed by atoms with Gasteiger partial charge in [0.2, 0.25) is 0 Å². The van der Waals surface area contributed by atoms with Crippen LogP contribution in [0.25, 0.3) is 0 Å². The molecule has 2 atom stereocenters. The summed E-state index contributed by atoms with van der Waals surface area (Å²) in [6.07, 6.45) is 5.59. The zero-order chi connectivity index (χ0) is 23.5. The monoisotopic (exact) mass is 453 g/mol. The third kappa shape index (κ3) is 7.14. The molecule has 1 amide bonds. The highest BCUT2D eigenvalue weighted by atomic mass is 16.5. The number of methoxy groups -OCH3 is 1. The van der Waals surface area contributed by atoms with Gasteiger partial charge in [0.05, 0.1) is 39.6 Å². The molecular weight excluding hydrogens is 422 g/mol. The van der Waals surface area contributed by atoms with E-state index in [1.165, 1.54) is 4.90 Å². The predicted molar refractivity (Wildman–Crippen MR) is 125 cm³/mol. The number of benzene rings is 2. The molecule has 0 bridgehead atoms. The lowest BCUT2D eigenvalue weighted by molar-refractivity contribution is 0.00371. The first-order chi connectivity index (χ1) is 16.1. The minimum Gasteiger partial charge on any atom is -0.496 e. The standard InChI is InChI=1S/C26H31NO6/c1-3-15-33-25-18-27(26(28)29)14-13-23(25)20-9-11-22(12-10-20)32-17-6-16-31-19-21-7-4-5-8-24(21)30-2/h1,4-5,7-12,23,25H,6,13-19H2,2H3,(H,28,29). The fourth-order valence-electron chi connectivity index (χ4n) is 3.96. The Morgan fingerprint density at radius 3 is 2.70 bits per heavy atom. The van der Waals surface area contributed by atoms with Crippen LogP contribution in [0.4, 0.5) is 4.79 Å². The van der Waals surface area contributed by atoms with E-state index in [2.05, 4.69) is 5.92 Å². The second-order valence-corrected chi connectivity index (χ2v) is 7.81. The minimum atomic E-state index is -0.932. The van der Waals surface area contributed by atoms with Gasteiger partial charge in [0.15, 0.2) is 0 Å². The second kappa shape index (κ2) is 12.7. The summed E-state index contributed by atoms with van der Waals surface area (Å²) in [5, 5.41) is 9.29. The van der Waals surface area contributed by atoms with Gasteiger partial charge in [-0.2, -0.15) is 0 Å². The molecule has 1 aliphatic rings. The number of ether oxygens (including phenoxy) is 4. The Kier molecular flexibility index (Phi) is 9.43. The Bertz CT molecular complexity index is 923. The largest absolute Gasteiger partial charge is 0.496 e. The topological polar surface area (TPSA) is 77.5 Å². The van der Waals surface area contributed by atoms with E-state index in [9.17, 15) is 9.90 Å². The van der Waals surface area contributed by atoms with Gasteiger partial charge >= 0.3 is 6.09 Å². The third-order valence-electron chi connectivity index (χ3n) is 5.67. The number of carbonyl (C=O) groups is 1. The number of nitrogens with zero attached hydrogens (tertiary/aromatic N) is 1. The number of likely N-dealkylation sites (tertiary alicyclic amines) is 1. The fourth-order valence-corrected chi connectivity index (χ4v) is 3.96. The third-order valence-corrected chi connectivity index (χ3v) is 5.67. The van der Waals surface area contributed by atoms with Crippen LogP contribution < -0.4 is 9.47 Å². The van der Waals surface area contributed by atoms with Crippen LogP contribution in [0.1, 0.15) is 29.9 Å². The molecule has 1 aliphatic heterocycles. The zero-order valence-corrected chi connectivity index (χ0v) is 18.9. The van der Waals surface area contributed by atoms with E-state index in [-0.39, 0.29) is 18.6 Å². The summed E-state index contributed by atoms with van der Waals surface area (Å²) in [7, 11) is 1.65. The molecule has 1 N–H and O–H groups in total. The second-order valence-electron chi connectivity index (χ2n) is 7.81. The molecule has 2 aromatic rings. The summed E-state index contributed by atoms with van der Waals surface area (Å²) in [4.78, 5) is 12.7. The summed E-state index contributed by atoms with van der Waals surface area (Å²) in [6.45, 7) is 2.59. The molecule has 2 unspecified atom stereocenters. The number of piperidine rings is 1. The maximum atomic E-state index is 11.3. The first-order valence-electron chi connectivity index (χ1n) is 11.1. The molecular formula is C26H31NO6. The SMILES string of the molecule is C#CCOC1CN(C(=O)O)CCC1c1ccc(OCCCOCc2ccccc2OC)cc1. The lowest BCUT2D eigenvalue weighted by Crippen LogP contribution is -2.46. The van der Waals surface area contributed by atoms with E-state index in [1.54, 1.807) is 7.11 Å². The van der Waals surface area contributed by atoms with Gasteiger partial charge in [-0.1, -0.05) is 36.3 Å². The van der Waals surface area contributed by atoms with Crippen molar-refractivity contribution in [3.63, 3.8) is 0 Å². The summed E-state index contributed by atoms with van der Waals surface area (Å²) < 4.78 is 22.7. The summed E-state index contributed by atoms with van der Waals surface area (Å²) in [5.41, 5.74) is 2.12. The number of hydrogen-bond acceptors (Lipinski definition) is 5. The van der Waals surface area contributed by atoms with Crippen LogP contribution in [-0.2, 0) is 16.1 Å². The van der Waals surface area contributed by atoms with E-state index >= 15 is 0 Å². The molecule has 0 radical (unpaired) electrons. The Hall–Kier alpha value is -3.21. The average Bonchev–Trinajstić information content (AvgIpc) is 2.85. The molecule has 3 rings (SSSR count). The highest BCUT2D eigenvalue weighted by Gasteiger charge is 2.33. The number of terminal acetylenes is 1. The van der Waals surface area contributed by atoms with Crippen molar-refractivity contribution in [3.05, 3.63) is 59.7 Å². The first kappa shape index (κ1) is 24.4. The summed E-state index contributed by atoms with van der Waals surface area (Å²) >= 11 is 0. The molecule has 0 aliphatic carbocycles. The van der Waals surface area contributed by atoms with Gasteiger partial charge in [0.1, 0.15) is 18.1 Å². The molecule has 0 spiro atoms. The molecule has 33 heavy (non-hydrogen) atoms. The highest BCUT2D eigenvalue weighted by molar-refractivity contribution is 5.65. The van der Waals surface area contributed by atoms with Gasteiger partial charge in [-0.05, 0) is 30.2 Å². The van der Waals surface area contributed by atoms with Gasteiger partial charge in [-0.3, -0.25) is 0 Å². The smallest absolute Gasteiger partial charge is 0.407 e. The van der Waals surface area contributed by atoms with Crippen LogP contribution >= 0.6 is 0 Å². The van der Waals surface area contributed by atoms with Crippen molar-refractivity contribution in [1.82, 2.24) is 4.90 Å². The summed E-state index contributed by atoms with van der Waals surface area (Å²) in [6, 6.07) is 15.7. The van der Waals surface area contributed by atoms with Crippen LogP contribution in [0.15, 0.2) is 48.5 Å². The van der Waals surface area contributed by atoms with Gasteiger partial charge in [0, 0.05) is 24.4 Å². The van der Waals surface area contributed by atoms with Gasteiger partial charge in [-0.25, -0.2) is 4.79 Å². The molecule has 0 aromatic heterocycles. The zero-order valence-electron chi connectivity index (χ0n) is 18.9. The first-order valence-corrected chi connectivity index (χ1v) is 11.1. The Labute approximate surface area is 195 Å². The van der Waals surface area contributed by atoms with Crippen LogP contribution in [0, 0.1) is 12.3 Å². The number of carboxylic acid groups (broad SMARTS) is 1. The van der Waals surface area contributed by atoms with Gasteiger partial charge in [0.25, 0.3) is 0 Å². The van der Waals surface area contributed by atoms with Gasteiger partial charge < -0.3 is 29.0 Å². The van der Waals surface area contributed by atoms with Crippen molar-refractivity contribution < 1.29 is 28.8 Å². The van der Waals surface area contributed by atoms with E-state index in [0.717, 1.165) is 29.0 Å². The van der Waals surface area contributed by atoms with Crippen molar-refractivity contribution in [2.45, 2.75) is 31.5 Å².